The molecule has 0 unspecified atom stereocenters. The lowest BCUT2D eigenvalue weighted by molar-refractivity contribution is -0.139. The molecule has 1 aliphatic heterocycles. The van der Waals surface area contributed by atoms with Gasteiger partial charge in [-0.2, -0.15) is 0 Å². The van der Waals surface area contributed by atoms with Gasteiger partial charge in [0.15, 0.2) is 16.3 Å². The number of carbonyl (C=O) groups is 1. The molecule has 0 N–H and O–H groups in total. The van der Waals surface area contributed by atoms with Crippen molar-refractivity contribution in [2.45, 2.75) is 26.5 Å². The molecule has 8 nitrogen and oxygen atoms in total. The molecule has 0 saturated carbocycles. The second-order valence-electron chi connectivity index (χ2n) is 9.52. The van der Waals surface area contributed by atoms with E-state index in [0.29, 0.717) is 42.3 Å². The molecule has 0 radical (unpaired) electrons. The number of benzene rings is 3. The molecule has 0 bridgehead atoms. The number of hydrogen-bond acceptors (Lipinski definition) is 8. The van der Waals surface area contributed by atoms with Gasteiger partial charge in [0, 0.05) is 4.47 Å². The molecule has 1 aromatic heterocycles. The highest BCUT2D eigenvalue weighted by atomic mass is 79.9. The summed E-state index contributed by atoms with van der Waals surface area (Å²) in [5, 5.41) is 0. The van der Waals surface area contributed by atoms with Crippen LogP contribution in [0.25, 0.3) is 6.08 Å². The van der Waals surface area contributed by atoms with Crippen molar-refractivity contribution in [3.63, 3.8) is 0 Å². The minimum atomic E-state index is -0.836. The number of hydrogen-bond donors (Lipinski definition) is 0. The monoisotopic (exact) mass is 666 g/mol. The summed E-state index contributed by atoms with van der Waals surface area (Å²) in [5.41, 5.74) is 2.57. The van der Waals surface area contributed by atoms with Gasteiger partial charge in [0.05, 0.1) is 42.7 Å². The van der Waals surface area contributed by atoms with Crippen molar-refractivity contribution in [2.24, 2.45) is 4.99 Å². The Hall–Kier alpha value is -4.22. The molecule has 222 valence electrons. The summed E-state index contributed by atoms with van der Waals surface area (Å²) < 4.78 is 38.1. The summed E-state index contributed by atoms with van der Waals surface area (Å²) in [4.78, 5) is 32.4. The zero-order valence-corrected chi connectivity index (χ0v) is 26.3. The van der Waals surface area contributed by atoms with Crippen LogP contribution in [0.4, 0.5) is 4.39 Å². The summed E-state index contributed by atoms with van der Waals surface area (Å²) in [6, 6.07) is 16.1. The maximum atomic E-state index is 14.0. The van der Waals surface area contributed by atoms with Crippen LogP contribution < -0.4 is 29.1 Å². The number of aromatic nitrogens is 1. The first-order valence-corrected chi connectivity index (χ1v) is 14.9. The number of esters is 1. The average Bonchev–Trinajstić information content (AvgIpc) is 3.30. The topological polar surface area (TPSA) is 88.4 Å². The minimum absolute atomic E-state index is 0.166. The third-order valence-corrected chi connectivity index (χ3v) is 8.46. The van der Waals surface area contributed by atoms with E-state index in [4.69, 9.17) is 18.9 Å². The largest absolute Gasteiger partial charge is 0.493 e. The maximum absolute atomic E-state index is 14.0. The predicted octanol–water partition coefficient (Wildman–Crippen LogP) is 5.30. The number of fused-ring (bicyclic) bond motifs is 1. The number of nitrogens with zero attached hydrogens (tertiary/aromatic N) is 2. The van der Waals surface area contributed by atoms with Crippen LogP contribution in [0.2, 0.25) is 0 Å². The SMILES string of the molecule is CCOC(=O)C1=C(C)N=c2s/c(=C\c3cccc(OCc4ccc(F)cc4)c3)c(=O)n2[C@@H]1c1cc(OC)c(OC)cc1Br. The zero-order valence-electron chi connectivity index (χ0n) is 23.9. The lowest BCUT2D eigenvalue weighted by Gasteiger charge is -2.26. The Morgan fingerprint density at radius 2 is 1.81 bits per heavy atom. The first kappa shape index (κ1) is 30.2. The van der Waals surface area contributed by atoms with E-state index in [2.05, 4.69) is 20.9 Å². The fourth-order valence-electron chi connectivity index (χ4n) is 4.76. The van der Waals surface area contributed by atoms with Crippen molar-refractivity contribution in [1.82, 2.24) is 4.57 Å². The second kappa shape index (κ2) is 13.0. The lowest BCUT2D eigenvalue weighted by atomic mass is 9.95. The van der Waals surface area contributed by atoms with Gasteiger partial charge in [0.25, 0.3) is 5.56 Å². The Labute approximate surface area is 259 Å². The molecule has 0 spiro atoms. The van der Waals surface area contributed by atoms with E-state index in [1.54, 1.807) is 44.2 Å². The lowest BCUT2D eigenvalue weighted by Crippen LogP contribution is -2.40. The molecule has 0 fully saturated rings. The molecule has 0 amide bonds. The third-order valence-electron chi connectivity index (χ3n) is 6.79. The van der Waals surface area contributed by atoms with Gasteiger partial charge in [-0.3, -0.25) is 9.36 Å². The van der Waals surface area contributed by atoms with Crippen LogP contribution in [0.1, 0.15) is 36.6 Å². The molecule has 11 heteroatoms. The van der Waals surface area contributed by atoms with Crippen molar-refractivity contribution >= 4 is 39.3 Å². The van der Waals surface area contributed by atoms with Crippen molar-refractivity contribution in [3.05, 3.63) is 119 Å². The molecular formula is C32H28BrFN2O6S. The van der Waals surface area contributed by atoms with Crippen molar-refractivity contribution in [1.29, 1.82) is 0 Å². The van der Waals surface area contributed by atoms with E-state index in [1.165, 1.54) is 42.3 Å². The second-order valence-corrected chi connectivity index (χ2v) is 11.4. The van der Waals surface area contributed by atoms with Crippen LogP contribution in [0.3, 0.4) is 0 Å². The van der Waals surface area contributed by atoms with Gasteiger partial charge in [0.2, 0.25) is 0 Å². The minimum Gasteiger partial charge on any atom is -0.493 e. The van der Waals surface area contributed by atoms with Gasteiger partial charge in [0.1, 0.15) is 18.2 Å². The quantitative estimate of drug-likeness (QED) is 0.226. The number of ether oxygens (including phenoxy) is 4. The van der Waals surface area contributed by atoms with Gasteiger partial charge in [-0.15, -0.1) is 0 Å². The van der Waals surface area contributed by atoms with Crippen molar-refractivity contribution in [2.75, 3.05) is 20.8 Å². The van der Waals surface area contributed by atoms with Crippen LogP contribution in [0.5, 0.6) is 17.2 Å². The van der Waals surface area contributed by atoms with E-state index in [9.17, 15) is 14.0 Å². The Kier molecular flexibility index (Phi) is 9.12. The van der Waals surface area contributed by atoms with Crippen molar-refractivity contribution in [3.8, 4) is 17.2 Å². The Morgan fingerprint density at radius 3 is 2.51 bits per heavy atom. The number of methoxy groups -OCH3 is 2. The molecule has 3 aromatic carbocycles. The number of halogens is 2. The first-order chi connectivity index (χ1) is 20.7. The van der Waals surface area contributed by atoms with E-state index in [1.807, 2.05) is 24.3 Å². The van der Waals surface area contributed by atoms with Crippen LogP contribution >= 0.6 is 27.3 Å². The zero-order chi connectivity index (χ0) is 30.7. The highest BCUT2D eigenvalue weighted by Crippen LogP contribution is 2.40. The molecule has 43 heavy (non-hydrogen) atoms. The molecule has 5 rings (SSSR count). The average molecular weight is 668 g/mol. The highest BCUT2D eigenvalue weighted by molar-refractivity contribution is 9.10. The van der Waals surface area contributed by atoms with E-state index >= 15 is 0 Å². The van der Waals surface area contributed by atoms with E-state index in [0.717, 1.165) is 11.1 Å². The van der Waals surface area contributed by atoms with Gasteiger partial charge in [-0.25, -0.2) is 14.2 Å². The van der Waals surface area contributed by atoms with Gasteiger partial charge < -0.3 is 18.9 Å². The predicted molar refractivity (Wildman–Crippen MR) is 165 cm³/mol. The Bertz CT molecular complexity index is 1900. The standard InChI is InChI=1S/C32H28BrFN2O6S/c1-5-41-31(38)28-18(2)35-32-36(29(28)23-15-25(39-3)26(40-4)16-24(23)33)30(37)27(43-32)14-20-7-6-8-22(13-20)42-17-19-9-11-21(34)12-10-19/h6-16,29H,5,17H2,1-4H3/b27-14-/t29-/m1/s1. The van der Waals surface area contributed by atoms with Gasteiger partial charge in [-0.1, -0.05) is 51.5 Å². The van der Waals surface area contributed by atoms with Crippen LogP contribution in [-0.2, 0) is 16.1 Å². The van der Waals surface area contributed by atoms with Gasteiger partial charge >= 0.3 is 5.97 Å². The summed E-state index contributed by atoms with van der Waals surface area (Å²) in [7, 11) is 3.05. The summed E-state index contributed by atoms with van der Waals surface area (Å²) in [6.07, 6.45) is 1.76. The van der Waals surface area contributed by atoms with E-state index in [-0.39, 0.29) is 30.2 Å². The fourth-order valence-corrected chi connectivity index (χ4v) is 6.34. The molecule has 1 aliphatic rings. The Morgan fingerprint density at radius 1 is 1.09 bits per heavy atom. The molecular weight excluding hydrogens is 639 g/mol. The molecule has 4 aromatic rings. The van der Waals surface area contributed by atoms with Crippen LogP contribution in [0, 0.1) is 5.82 Å². The molecule has 0 aliphatic carbocycles. The normalized spacial score (nSPS) is 14.7. The van der Waals surface area contributed by atoms with Crippen molar-refractivity contribution < 1.29 is 28.1 Å². The summed E-state index contributed by atoms with van der Waals surface area (Å²) >= 11 is 4.83. The third kappa shape index (κ3) is 6.28. The Balaban J connectivity index is 1.59. The maximum Gasteiger partial charge on any atom is 0.338 e. The fraction of sp³-hybridized carbons (Fsp3) is 0.219. The van der Waals surface area contributed by atoms with Crippen LogP contribution in [-0.4, -0.2) is 31.4 Å². The van der Waals surface area contributed by atoms with Gasteiger partial charge in [-0.05, 0) is 73.0 Å². The number of rotatable bonds is 9. The molecule has 1 atom stereocenters. The van der Waals surface area contributed by atoms with Crippen LogP contribution in [0.15, 0.2) is 86.2 Å². The summed E-state index contributed by atoms with van der Waals surface area (Å²) in [5.74, 6) is 0.662. The van der Waals surface area contributed by atoms with E-state index < -0.39 is 12.0 Å². The smallest absolute Gasteiger partial charge is 0.338 e. The highest BCUT2D eigenvalue weighted by Gasteiger charge is 2.35. The first-order valence-electron chi connectivity index (χ1n) is 13.3. The molecule has 2 heterocycles. The summed E-state index contributed by atoms with van der Waals surface area (Å²) in [6.45, 7) is 3.89. The number of carbonyl (C=O) groups excluding carboxylic acids is 1. The molecule has 0 saturated heterocycles. The number of thiazole rings is 1. The number of allylic oxidation sites excluding steroid dienone is 1.